The molecule has 2 aromatic carbocycles. The summed E-state index contributed by atoms with van der Waals surface area (Å²) in [6.45, 7) is 3.65. The van der Waals surface area contributed by atoms with Crippen molar-refractivity contribution in [2.24, 2.45) is 0 Å². The van der Waals surface area contributed by atoms with Gasteiger partial charge in [-0.05, 0) is 59.2 Å². The Labute approximate surface area is 185 Å². The minimum Gasteiger partial charge on any atom is -0.452 e. The summed E-state index contributed by atoms with van der Waals surface area (Å²) < 4.78 is 18.5. The predicted molar refractivity (Wildman–Crippen MR) is 123 cm³/mol. The topological polar surface area (TPSA) is 55.4 Å². The van der Waals surface area contributed by atoms with Crippen LogP contribution in [0, 0.1) is 5.82 Å². The number of carbonyl (C=O) groups excluding carboxylic acids is 2. The second-order valence-corrected chi connectivity index (χ2v) is 7.82. The molecule has 0 fully saturated rings. The van der Waals surface area contributed by atoms with E-state index in [0.29, 0.717) is 16.0 Å². The van der Waals surface area contributed by atoms with Crippen LogP contribution in [0.15, 0.2) is 60.0 Å². The molecule has 0 aliphatic carbocycles. The van der Waals surface area contributed by atoms with Gasteiger partial charge in [0.1, 0.15) is 5.82 Å². The maximum absolute atomic E-state index is 13.2. The molecule has 3 rings (SSSR count). The Balaban J connectivity index is 1.73. The zero-order valence-electron chi connectivity index (χ0n) is 17.5. The molecule has 1 aromatic heterocycles. The van der Waals surface area contributed by atoms with Crippen molar-refractivity contribution in [3.8, 4) is 0 Å². The molecule has 0 spiro atoms. The molecule has 1 N–H and O–H groups in total. The Morgan fingerprint density at radius 1 is 1.00 bits per heavy atom. The third-order valence-corrected chi connectivity index (χ3v) is 5.69. The second kappa shape index (κ2) is 10.7. The fraction of sp³-hybridized carbons (Fsp3) is 0.200. The Bertz CT molecular complexity index is 1050. The van der Waals surface area contributed by atoms with E-state index in [2.05, 4.69) is 5.32 Å². The van der Waals surface area contributed by atoms with E-state index in [4.69, 9.17) is 4.74 Å². The van der Waals surface area contributed by atoms with E-state index in [1.807, 2.05) is 43.5 Å². The first-order valence-corrected chi connectivity index (χ1v) is 11.0. The number of nitrogens with one attached hydrogen (secondary N) is 1. The highest BCUT2D eigenvalue weighted by Crippen LogP contribution is 2.25. The van der Waals surface area contributed by atoms with Crippen molar-refractivity contribution in [2.45, 2.75) is 26.7 Å². The highest BCUT2D eigenvalue weighted by Gasteiger charge is 2.17. The van der Waals surface area contributed by atoms with Gasteiger partial charge in [0.2, 0.25) is 0 Å². The molecule has 0 saturated carbocycles. The standard InChI is InChI=1S/C25H24FNO3S/c1-3-18-7-5-8-19(4-2)24(18)27-23(28)16-30-25(29)21(22-9-6-14-31-22)15-17-10-12-20(26)13-11-17/h5-15H,3-4,16H2,1-2H3,(H,27,28). The largest absolute Gasteiger partial charge is 0.452 e. The summed E-state index contributed by atoms with van der Waals surface area (Å²) in [7, 11) is 0. The molecule has 0 saturated heterocycles. The molecule has 31 heavy (non-hydrogen) atoms. The first-order valence-electron chi connectivity index (χ1n) is 10.1. The summed E-state index contributed by atoms with van der Waals surface area (Å²) >= 11 is 1.38. The minimum atomic E-state index is -0.610. The number of carbonyl (C=O) groups is 2. The van der Waals surface area contributed by atoms with Crippen LogP contribution in [0.5, 0.6) is 0 Å². The van der Waals surface area contributed by atoms with Crippen LogP contribution in [-0.4, -0.2) is 18.5 Å². The van der Waals surface area contributed by atoms with Crippen LogP contribution in [0.4, 0.5) is 10.1 Å². The highest BCUT2D eigenvalue weighted by atomic mass is 32.1. The van der Waals surface area contributed by atoms with Gasteiger partial charge in [-0.15, -0.1) is 11.3 Å². The van der Waals surface area contributed by atoms with Crippen molar-refractivity contribution in [3.63, 3.8) is 0 Å². The summed E-state index contributed by atoms with van der Waals surface area (Å²) in [6, 6.07) is 15.4. The molecule has 0 radical (unpaired) electrons. The Kier molecular flexibility index (Phi) is 7.73. The Morgan fingerprint density at radius 3 is 2.26 bits per heavy atom. The van der Waals surface area contributed by atoms with E-state index in [1.54, 1.807) is 24.3 Å². The summed E-state index contributed by atoms with van der Waals surface area (Å²) in [5, 5.41) is 4.74. The molecule has 3 aromatic rings. The molecule has 1 amide bonds. The number of halogens is 1. The fourth-order valence-corrected chi connectivity index (χ4v) is 3.91. The number of esters is 1. The van der Waals surface area contributed by atoms with Crippen LogP contribution in [0.25, 0.3) is 11.6 Å². The van der Waals surface area contributed by atoms with Gasteiger partial charge in [0.25, 0.3) is 5.91 Å². The average Bonchev–Trinajstić information content (AvgIpc) is 3.31. The number of amides is 1. The van der Waals surface area contributed by atoms with Gasteiger partial charge in [0.05, 0.1) is 5.57 Å². The normalized spacial score (nSPS) is 11.3. The number of hydrogen-bond acceptors (Lipinski definition) is 4. The lowest BCUT2D eigenvalue weighted by atomic mass is 10.0. The summed E-state index contributed by atoms with van der Waals surface area (Å²) in [4.78, 5) is 26.0. The monoisotopic (exact) mass is 437 g/mol. The van der Waals surface area contributed by atoms with E-state index in [-0.39, 0.29) is 5.82 Å². The van der Waals surface area contributed by atoms with Gasteiger partial charge in [0.15, 0.2) is 6.61 Å². The zero-order valence-corrected chi connectivity index (χ0v) is 18.3. The van der Waals surface area contributed by atoms with Gasteiger partial charge < -0.3 is 10.1 Å². The van der Waals surface area contributed by atoms with Gasteiger partial charge in [-0.1, -0.05) is 50.2 Å². The quantitative estimate of drug-likeness (QED) is 0.361. The lowest BCUT2D eigenvalue weighted by Crippen LogP contribution is -2.22. The Hall–Kier alpha value is -3.25. The van der Waals surface area contributed by atoms with Crippen molar-refractivity contribution >= 4 is 40.5 Å². The van der Waals surface area contributed by atoms with Crippen molar-refractivity contribution in [3.05, 3.63) is 87.4 Å². The van der Waals surface area contributed by atoms with Crippen molar-refractivity contribution in [2.75, 3.05) is 11.9 Å². The van der Waals surface area contributed by atoms with Crippen LogP contribution in [0.1, 0.15) is 35.4 Å². The lowest BCUT2D eigenvalue weighted by Gasteiger charge is -2.14. The van der Waals surface area contributed by atoms with E-state index in [1.165, 1.54) is 23.5 Å². The summed E-state index contributed by atoms with van der Waals surface area (Å²) in [6.07, 6.45) is 3.20. The SMILES string of the molecule is CCc1cccc(CC)c1NC(=O)COC(=O)C(=Cc1ccc(F)cc1)c1cccs1. The van der Waals surface area contributed by atoms with Crippen molar-refractivity contribution < 1.29 is 18.7 Å². The molecule has 1 heterocycles. The van der Waals surface area contributed by atoms with Gasteiger partial charge in [-0.25, -0.2) is 9.18 Å². The lowest BCUT2D eigenvalue weighted by molar-refractivity contribution is -0.141. The van der Waals surface area contributed by atoms with E-state index >= 15 is 0 Å². The molecule has 0 aliphatic rings. The summed E-state index contributed by atoms with van der Waals surface area (Å²) in [5.41, 5.74) is 3.84. The van der Waals surface area contributed by atoms with E-state index in [0.717, 1.165) is 29.7 Å². The fourth-order valence-electron chi connectivity index (χ4n) is 3.18. The number of ether oxygens (including phenoxy) is 1. The number of aryl methyl sites for hydroxylation is 2. The Morgan fingerprint density at radius 2 is 1.68 bits per heavy atom. The smallest absolute Gasteiger partial charge is 0.340 e. The molecule has 160 valence electrons. The maximum atomic E-state index is 13.2. The van der Waals surface area contributed by atoms with Gasteiger partial charge in [-0.2, -0.15) is 0 Å². The number of anilines is 1. The molecular formula is C25H24FNO3S. The van der Waals surface area contributed by atoms with Crippen LogP contribution in [0.2, 0.25) is 0 Å². The van der Waals surface area contributed by atoms with Crippen LogP contribution in [-0.2, 0) is 27.2 Å². The van der Waals surface area contributed by atoms with Gasteiger partial charge in [0, 0.05) is 10.6 Å². The molecule has 0 unspecified atom stereocenters. The number of para-hydroxylation sites is 1. The third-order valence-electron chi connectivity index (χ3n) is 4.79. The van der Waals surface area contributed by atoms with Gasteiger partial charge in [-0.3, -0.25) is 4.79 Å². The highest BCUT2D eigenvalue weighted by molar-refractivity contribution is 7.11. The van der Waals surface area contributed by atoms with E-state index < -0.39 is 18.5 Å². The van der Waals surface area contributed by atoms with Crippen LogP contribution >= 0.6 is 11.3 Å². The first kappa shape index (κ1) is 22.4. The van der Waals surface area contributed by atoms with Crippen molar-refractivity contribution in [1.82, 2.24) is 0 Å². The predicted octanol–water partition coefficient (Wildman–Crippen LogP) is 5.73. The minimum absolute atomic E-state index is 0.317. The molecule has 6 heteroatoms. The number of hydrogen-bond donors (Lipinski definition) is 1. The average molecular weight is 438 g/mol. The zero-order chi connectivity index (χ0) is 22.2. The molecule has 0 atom stereocenters. The first-order chi connectivity index (χ1) is 15.0. The second-order valence-electron chi connectivity index (χ2n) is 6.87. The summed E-state index contributed by atoms with van der Waals surface area (Å²) in [5.74, 6) is -1.36. The number of benzene rings is 2. The van der Waals surface area contributed by atoms with E-state index in [9.17, 15) is 14.0 Å². The number of rotatable bonds is 8. The molecule has 0 bridgehead atoms. The maximum Gasteiger partial charge on any atom is 0.340 e. The number of thiophene rings is 1. The molecular weight excluding hydrogens is 413 g/mol. The van der Waals surface area contributed by atoms with Crippen LogP contribution in [0.3, 0.4) is 0 Å². The third kappa shape index (κ3) is 5.89. The molecule has 4 nitrogen and oxygen atoms in total. The van der Waals surface area contributed by atoms with Gasteiger partial charge >= 0.3 is 5.97 Å². The molecule has 0 aliphatic heterocycles. The van der Waals surface area contributed by atoms with Crippen molar-refractivity contribution in [1.29, 1.82) is 0 Å². The van der Waals surface area contributed by atoms with Crippen LogP contribution < -0.4 is 5.32 Å².